The monoisotopic (exact) mass is 281 g/mol. The van der Waals surface area contributed by atoms with Crippen LogP contribution in [0, 0.1) is 5.92 Å². The lowest BCUT2D eigenvalue weighted by molar-refractivity contribution is 0.252. The maximum absolute atomic E-state index is 6.31. The van der Waals surface area contributed by atoms with Gasteiger partial charge in [0.05, 0.1) is 11.6 Å². The molecule has 19 heavy (non-hydrogen) atoms. The van der Waals surface area contributed by atoms with Gasteiger partial charge in [0.15, 0.2) is 0 Å². The smallest absolute Gasteiger partial charge is 0.137 e. The van der Waals surface area contributed by atoms with E-state index in [4.69, 9.17) is 16.3 Å². The summed E-state index contributed by atoms with van der Waals surface area (Å²) in [6.07, 6.45) is 5.29. The van der Waals surface area contributed by atoms with E-state index in [1.807, 2.05) is 12.1 Å². The first kappa shape index (κ1) is 14.7. The van der Waals surface area contributed by atoms with Gasteiger partial charge < -0.3 is 10.1 Å². The van der Waals surface area contributed by atoms with Crippen molar-refractivity contribution < 1.29 is 4.74 Å². The Kier molecular flexibility index (Phi) is 5.53. The van der Waals surface area contributed by atoms with Gasteiger partial charge in [0.2, 0.25) is 0 Å². The van der Waals surface area contributed by atoms with Crippen LogP contribution >= 0.6 is 11.6 Å². The number of nitrogens with one attached hydrogen (secondary N) is 1. The minimum Gasteiger partial charge on any atom is -0.492 e. The lowest BCUT2D eigenvalue weighted by Gasteiger charge is -2.16. The molecule has 1 aliphatic rings. The van der Waals surface area contributed by atoms with Crippen molar-refractivity contribution in [1.29, 1.82) is 0 Å². The lowest BCUT2D eigenvalue weighted by Crippen LogP contribution is -2.17. The molecular formula is C16H24ClNO. The topological polar surface area (TPSA) is 21.3 Å². The van der Waals surface area contributed by atoms with Crippen LogP contribution in [0.5, 0.6) is 5.75 Å². The van der Waals surface area contributed by atoms with E-state index in [0.29, 0.717) is 6.04 Å². The molecule has 1 atom stereocenters. The molecule has 0 bridgehead atoms. The summed E-state index contributed by atoms with van der Waals surface area (Å²) < 4.78 is 5.86. The van der Waals surface area contributed by atoms with Crippen LogP contribution in [0.2, 0.25) is 5.02 Å². The molecule has 2 nitrogen and oxygen atoms in total. The highest BCUT2D eigenvalue weighted by atomic mass is 35.5. The maximum atomic E-state index is 6.31. The molecule has 1 N–H and O–H groups in total. The van der Waals surface area contributed by atoms with Crippen LogP contribution in [0.4, 0.5) is 0 Å². The van der Waals surface area contributed by atoms with Gasteiger partial charge in [-0.3, -0.25) is 0 Å². The Morgan fingerprint density at radius 2 is 2.11 bits per heavy atom. The maximum Gasteiger partial charge on any atom is 0.137 e. The van der Waals surface area contributed by atoms with Crippen molar-refractivity contribution in [3.8, 4) is 5.75 Å². The Balaban J connectivity index is 1.94. The van der Waals surface area contributed by atoms with Crippen molar-refractivity contribution in [1.82, 2.24) is 5.32 Å². The van der Waals surface area contributed by atoms with Crippen molar-refractivity contribution >= 4 is 11.6 Å². The first-order chi connectivity index (χ1) is 9.20. The van der Waals surface area contributed by atoms with E-state index < -0.39 is 0 Å². The summed E-state index contributed by atoms with van der Waals surface area (Å²) in [5.41, 5.74) is 1.21. The molecule has 0 amide bonds. The summed E-state index contributed by atoms with van der Waals surface area (Å²) in [5.74, 6) is 1.54. The van der Waals surface area contributed by atoms with Gasteiger partial charge >= 0.3 is 0 Å². The average Bonchev–Trinajstić information content (AvgIpc) is 2.90. The Morgan fingerprint density at radius 3 is 2.74 bits per heavy atom. The SMILES string of the molecule is CCNC(C)c1ccc(OCC2CCCC2)c(Cl)c1. The molecule has 0 spiro atoms. The summed E-state index contributed by atoms with van der Waals surface area (Å²) in [7, 11) is 0. The van der Waals surface area contributed by atoms with Crippen molar-refractivity contribution in [2.45, 2.75) is 45.6 Å². The van der Waals surface area contributed by atoms with E-state index in [9.17, 15) is 0 Å². The largest absolute Gasteiger partial charge is 0.492 e. The second-order valence-corrected chi connectivity index (χ2v) is 5.84. The summed E-state index contributed by atoms with van der Waals surface area (Å²) in [4.78, 5) is 0. The van der Waals surface area contributed by atoms with Gasteiger partial charge in [0.25, 0.3) is 0 Å². The van der Waals surface area contributed by atoms with Gasteiger partial charge in [-0.25, -0.2) is 0 Å². The van der Waals surface area contributed by atoms with Crippen molar-refractivity contribution in [2.75, 3.05) is 13.2 Å². The van der Waals surface area contributed by atoms with E-state index in [1.54, 1.807) is 0 Å². The Hall–Kier alpha value is -0.730. The molecule has 1 fully saturated rings. The van der Waals surface area contributed by atoms with E-state index in [-0.39, 0.29) is 0 Å². The van der Waals surface area contributed by atoms with Crippen LogP contribution in [-0.4, -0.2) is 13.2 Å². The highest BCUT2D eigenvalue weighted by Crippen LogP contribution is 2.30. The molecule has 3 heteroatoms. The molecular weight excluding hydrogens is 258 g/mol. The minimum atomic E-state index is 0.325. The molecule has 0 aromatic heterocycles. The molecule has 2 rings (SSSR count). The first-order valence-electron chi connectivity index (χ1n) is 7.36. The average molecular weight is 282 g/mol. The fraction of sp³-hybridized carbons (Fsp3) is 0.625. The fourth-order valence-electron chi connectivity index (χ4n) is 2.71. The third-order valence-electron chi connectivity index (χ3n) is 3.92. The van der Waals surface area contributed by atoms with Crippen LogP contribution in [0.15, 0.2) is 18.2 Å². The second-order valence-electron chi connectivity index (χ2n) is 5.43. The van der Waals surface area contributed by atoms with Crippen LogP contribution in [0.3, 0.4) is 0 Å². The Bertz CT molecular complexity index is 402. The number of halogens is 1. The molecule has 106 valence electrons. The molecule has 1 aliphatic carbocycles. The quantitative estimate of drug-likeness (QED) is 0.824. The molecule has 0 radical (unpaired) electrons. The van der Waals surface area contributed by atoms with Crippen molar-refractivity contribution in [3.63, 3.8) is 0 Å². The summed E-state index contributed by atoms with van der Waals surface area (Å²) in [6.45, 7) is 6.02. The molecule has 1 aromatic carbocycles. The normalized spacial score (nSPS) is 17.6. The highest BCUT2D eigenvalue weighted by Gasteiger charge is 2.16. The molecule has 0 heterocycles. The van der Waals surface area contributed by atoms with E-state index in [0.717, 1.165) is 29.8 Å². The summed E-state index contributed by atoms with van der Waals surface area (Å²) in [6, 6.07) is 6.44. The molecule has 1 unspecified atom stereocenters. The number of ether oxygens (including phenoxy) is 1. The minimum absolute atomic E-state index is 0.325. The molecule has 0 aliphatic heterocycles. The third-order valence-corrected chi connectivity index (χ3v) is 4.21. The van der Waals surface area contributed by atoms with Crippen molar-refractivity contribution in [2.24, 2.45) is 5.92 Å². The van der Waals surface area contributed by atoms with E-state index in [2.05, 4.69) is 25.2 Å². The molecule has 1 aromatic rings. The van der Waals surface area contributed by atoms with Gasteiger partial charge in [-0.1, -0.05) is 37.4 Å². The first-order valence-corrected chi connectivity index (χ1v) is 7.74. The zero-order valence-corrected chi connectivity index (χ0v) is 12.7. The Labute approximate surface area is 121 Å². The third kappa shape index (κ3) is 4.12. The van der Waals surface area contributed by atoms with Crippen LogP contribution in [-0.2, 0) is 0 Å². The zero-order valence-electron chi connectivity index (χ0n) is 11.9. The Morgan fingerprint density at radius 1 is 1.37 bits per heavy atom. The summed E-state index contributed by atoms with van der Waals surface area (Å²) in [5, 5.41) is 4.11. The molecule has 1 saturated carbocycles. The number of benzene rings is 1. The zero-order chi connectivity index (χ0) is 13.7. The standard InChI is InChI=1S/C16H24ClNO/c1-3-18-12(2)14-8-9-16(15(17)10-14)19-11-13-6-4-5-7-13/h8-10,12-13,18H,3-7,11H2,1-2H3. The van der Waals surface area contributed by atoms with Gasteiger partial charge in [-0.15, -0.1) is 0 Å². The van der Waals surface area contributed by atoms with Gasteiger partial charge in [-0.2, -0.15) is 0 Å². The van der Waals surface area contributed by atoms with Crippen molar-refractivity contribution in [3.05, 3.63) is 28.8 Å². The highest BCUT2D eigenvalue weighted by molar-refractivity contribution is 6.32. The van der Waals surface area contributed by atoms with E-state index in [1.165, 1.54) is 31.2 Å². The van der Waals surface area contributed by atoms with Crippen LogP contribution in [0.25, 0.3) is 0 Å². The fourth-order valence-corrected chi connectivity index (χ4v) is 2.96. The lowest BCUT2D eigenvalue weighted by atomic mass is 10.1. The van der Waals surface area contributed by atoms with Gasteiger partial charge in [0.1, 0.15) is 5.75 Å². The number of rotatable bonds is 6. The van der Waals surface area contributed by atoms with Crippen LogP contribution in [0.1, 0.15) is 51.1 Å². The number of hydrogen-bond donors (Lipinski definition) is 1. The van der Waals surface area contributed by atoms with E-state index >= 15 is 0 Å². The second kappa shape index (κ2) is 7.16. The molecule has 0 saturated heterocycles. The van der Waals surface area contributed by atoms with Gasteiger partial charge in [-0.05, 0) is 49.9 Å². The predicted molar refractivity (Wildman–Crippen MR) is 81.0 cm³/mol. The summed E-state index contributed by atoms with van der Waals surface area (Å²) >= 11 is 6.31. The van der Waals surface area contributed by atoms with Gasteiger partial charge in [0, 0.05) is 6.04 Å². The number of hydrogen-bond acceptors (Lipinski definition) is 2. The predicted octanol–water partition coefficient (Wildman–Crippen LogP) is 4.58. The van der Waals surface area contributed by atoms with Crippen LogP contribution < -0.4 is 10.1 Å².